The van der Waals surface area contributed by atoms with Gasteiger partial charge in [0.1, 0.15) is 5.82 Å². The number of nitrogens with one attached hydrogen (secondary N) is 2. The van der Waals surface area contributed by atoms with Crippen molar-refractivity contribution in [3.63, 3.8) is 0 Å². The van der Waals surface area contributed by atoms with Gasteiger partial charge >= 0.3 is 0 Å². The summed E-state index contributed by atoms with van der Waals surface area (Å²) in [4.78, 5) is 29.4. The van der Waals surface area contributed by atoms with E-state index in [4.69, 9.17) is 0 Å². The van der Waals surface area contributed by atoms with E-state index in [2.05, 4.69) is 22.5 Å². The largest absolute Gasteiger partial charge is 0.349 e. The minimum absolute atomic E-state index is 0.245. The number of nitrogens with zero attached hydrogens (tertiary/aromatic N) is 2. The van der Waals surface area contributed by atoms with Crippen molar-refractivity contribution in [3.8, 4) is 0 Å². The number of carbonyl (C=O) groups excluding carboxylic acids is 2. The summed E-state index contributed by atoms with van der Waals surface area (Å²) in [5.41, 5.74) is 1.38. The van der Waals surface area contributed by atoms with Crippen molar-refractivity contribution in [1.29, 1.82) is 0 Å². The molecule has 2 aromatic rings. The van der Waals surface area contributed by atoms with Crippen LogP contribution in [0, 0.1) is 5.82 Å². The highest BCUT2D eigenvalue weighted by Crippen LogP contribution is 2.22. The third-order valence-corrected chi connectivity index (χ3v) is 4.43. The molecule has 0 radical (unpaired) electrons. The molecule has 0 unspecified atom stereocenters. The first kappa shape index (κ1) is 18.1. The van der Waals surface area contributed by atoms with Crippen molar-refractivity contribution >= 4 is 17.5 Å². The molecular formula is C19H23FN4O2. The Balaban J connectivity index is 1.84. The van der Waals surface area contributed by atoms with Crippen LogP contribution in [0.1, 0.15) is 59.4 Å². The maximum Gasteiger partial charge on any atom is 0.287 e. The van der Waals surface area contributed by atoms with Crippen LogP contribution in [-0.4, -0.2) is 27.9 Å². The summed E-state index contributed by atoms with van der Waals surface area (Å²) in [6.07, 6.45) is 4.47. The zero-order valence-corrected chi connectivity index (χ0v) is 14.8. The fraction of sp³-hybridized carbons (Fsp3) is 0.421. The highest BCUT2D eigenvalue weighted by Gasteiger charge is 2.27. The van der Waals surface area contributed by atoms with Gasteiger partial charge in [-0.1, -0.05) is 19.4 Å². The van der Waals surface area contributed by atoms with E-state index in [9.17, 15) is 14.0 Å². The van der Waals surface area contributed by atoms with Crippen LogP contribution in [0.4, 0.5) is 10.1 Å². The molecule has 0 fully saturated rings. The summed E-state index contributed by atoms with van der Waals surface area (Å²) in [6, 6.07) is 5.70. The molecule has 2 N–H and O–H groups in total. The number of halogens is 1. The van der Waals surface area contributed by atoms with Crippen molar-refractivity contribution < 1.29 is 14.0 Å². The summed E-state index contributed by atoms with van der Waals surface area (Å²) in [5, 5.41) is 5.52. The molecule has 6 nitrogen and oxygen atoms in total. The van der Waals surface area contributed by atoms with Gasteiger partial charge in [-0.3, -0.25) is 9.59 Å². The molecule has 1 aromatic carbocycles. The van der Waals surface area contributed by atoms with Crippen LogP contribution in [0.5, 0.6) is 0 Å². The lowest BCUT2D eigenvalue weighted by atomic mass is 10.1. The zero-order chi connectivity index (χ0) is 18.5. The molecule has 26 heavy (non-hydrogen) atoms. The maximum atomic E-state index is 13.3. The van der Waals surface area contributed by atoms with Gasteiger partial charge in [-0.25, -0.2) is 9.37 Å². The van der Waals surface area contributed by atoms with Crippen LogP contribution < -0.4 is 10.6 Å². The summed E-state index contributed by atoms with van der Waals surface area (Å²) in [7, 11) is 0. The fourth-order valence-electron chi connectivity index (χ4n) is 3.11. The molecule has 2 amide bonds. The molecule has 0 saturated carbocycles. The first-order chi connectivity index (χ1) is 12.6. The highest BCUT2D eigenvalue weighted by molar-refractivity contribution is 6.05. The van der Waals surface area contributed by atoms with Crippen LogP contribution in [-0.2, 0) is 13.0 Å². The Morgan fingerprint density at radius 2 is 2.12 bits per heavy atom. The molecular weight excluding hydrogens is 335 g/mol. The number of anilines is 1. The average Bonchev–Trinajstić information content (AvgIpc) is 3.02. The molecule has 2 heterocycles. The predicted octanol–water partition coefficient (Wildman–Crippen LogP) is 3.14. The van der Waals surface area contributed by atoms with Crippen LogP contribution in [0.2, 0.25) is 0 Å². The number of imidazole rings is 1. The standard InChI is InChI=1S/C19H23FN4O2/c1-2-3-10-21-19(26)17-23-16(15-9-4-5-11-24(15)17)18(25)22-14-8-6-7-13(20)12-14/h6-8,12H,2-5,9-11H2,1H3,(H,21,26)(H,22,25). The minimum atomic E-state index is -0.425. The second-order valence-corrected chi connectivity index (χ2v) is 6.41. The number of amides is 2. The van der Waals surface area contributed by atoms with Gasteiger partial charge in [0, 0.05) is 18.8 Å². The molecule has 1 aliphatic heterocycles. The molecule has 0 atom stereocenters. The summed E-state index contributed by atoms with van der Waals surface area (Å²) >= 11 is 0. The normalized spacial score (nSPS) is 13.2. The third kappa shape index (κ3) is 3.92. The summed E-state index contributed by atoms with van der Waals surface area (Å²) in [6.45, 7) is 3.31. The Hall–Kier alpha value is -2.70. The molecule has 0 spiro atoms. The van der Waals surface area contributed by atoms with Crippen LogP contribution in [0.3, 0.4) is 0 Å². The Morgan fingerprint density at radius 3 is 2.88 bits per heavy atom. The van der Waals surface area contributed by atoms with Gasteiger partial charge in [-0.15, -0.1) is 0 Å². The summed E-state index contributed by atoms with van der Waals surface area (Å²) < 4.78 is 15.2. The number of rotatable bonds is 6. The molecule has 0 bridgehead atoms. The van der Waals surface area contributed by atoms with Gasteiger partial charge in [-0.05, 0) is 43.9 Å². The zero-order valence-electron chi connectivity index (χ0n) is 14.8. The van der Waals surface area contributed by atoms with Crippen LogP contribution >= 0.6 is 0 Å². The molecule has 3 rings (SSSR count). The van der Waals surface area contributed by atoms with Crippen LogP contribution in [0.15, 0.2) is 24.3 Å². The lowest BCUT2D eigenvalue weighted by Crippen LogP contribution is -2.28. The van der Waals surface area contributed by atoms with Crippen molar-refractivity contribution in [2.24, 2.45) is 0 Å². The van der Waals surface area contributed by atoms with Crippen molar-refractivity contribution in [1.82, 2.24) is 14.9 Å². The molecule has 138 valence electrons. The van der Waals surface area contributed by atoms with E-state index in [1.165, 1.54) is 18.2 Å². The van der Waals surface area contributed by atoms with Gasteiger partial charge in [0.2, 0.25) is 0 Å². The molecule has 7 heteroatoms. The molecule has 0 aliphatic carbocycles. The highest BCUT2D eigenvalue weighted by atomic mass is 19.1. The maximum absolute atomic E-state index is 13.3. The monoisotopic (exact) mass is 358 g/mol. The average molecular weight is 358 g/mol. The fourth-order valence-corrected chi connectivity index (χ4v) is 3.11. The number of benzene rings is 1. The van der Waals surface area contributed by atoms with Gasteiger partial charge in [0.25, 0.3) is 11.8 Å². The minimum Gasteiger partial charge on any atom is -0.349 e. The van der Waals surface area contributed by atoms with Gasteiger partial charge in [0.05, 0.1) is 5.69 Å². The van der Waals surface area contributed by atoms with Crippen molar-refractivity contribution in [3.05, 3.63) is 47.3 Å². The number of carbonyl (C=O) groups is 2. The van der Waals surface area contributed by atoms with E-state index >= 15 is 0 Å². The number of fused-ring (bicyclic) bond motifs is 1. The molecule has 1 aliphatic rings. The Bertz CT molecular complexity index is 816. The molecule has 1 aromatic heterocycles. The van der Waals surface area contributed by atoms with E-state index in [1.807, 2.05) is 4.57 Å². The Morgan fingerprint density at radius 1 is 1.27 bits per heavy atom. The Kier molecular flexibility index (Phi) is 5.65. The Labute approximate surface area is 151 Å². The second kappa shape index (κ2) is 8.12. The van der Waals surface area contributed by atoms with E-state index < -0.39 is 11.7 Å². The van der Waals surface area contributed by atoms with Crippen LogP contribution in [0.25, 0.3) is 0 Å². The first-order valence-electron chi connectivity index (χ1n) is 9.04. The van der Waals surface area contributed by atoms with E-state index in [-0.39, 0.29) is 17.4 Å². The van der Waals surface area contributed by atoms with E-state index in [0.29, 0.717) is 25.2 Å². The van der Waals surface area contributed by atoms with Gasteiger partial charge in [0.15, 0.2) is 11.5 Å². The number of hydrogen-bond acceptors (Lipinski definition) is 3. The third-order valence-electron chi connectivity index (χ3n) is 4.43. The summed E-state index contributed by atoms with van der Waals surface area (Å²) in [5.74, 6) is -0.828. The van der Waals surface area contributed by atoms with Crippen molar-refractivity contribution in [2.45, 2.75) is 45.6 Å². The second-order valence-electron chi connectivity index (χ2n) is 6.41. The lowest BCUT2D eigenvalue weighted by Gasteiger charge is -2.17. The number of hydrogen-bond donors (Lipinski definition) is 2. The van der Waals surface area contributed by atoms with Gasteiger partial charge < -0.3 is 15.2 Å². The first-order valence-corrected chi connectivity index (χ1v) is 9.04. The SMILES string of the molecule is CCCCNC(=O)c1nc(C(=O)Nc2cccc(F)c2)c2n1CCCC2. The number of aromatic nitrogens is 2. The smallest absolute Gasteiger partial charge is 0.287 e. The van der Waals surface area contributed by atoms with Crippen molar-refractivity contribution in [2.75, 3.05) is 11.9 Å². The lowest BCUT2D eigenvalue weighted by molar-refractivity contribution is 0.0937. The number of unbranched alkanes of at least 4 members (excludes halogenated alkanes) is 1. The molecule has 0 saturated heterocycles. The predicted molar refractivity (Wildman–Crippen MR) is 96.8 cm³/mol. The van der Waals surface area contributed by atoms with Gasteiger partial charge in [-0.2, -0.15) is 0 Å². The topological polar surface area (TPSA) is 76.0 Å². The van der Waals surface area contributed by atoms with E-state index in [0.717, 1.165) is 31.4 Å². The quantitative estimate of drug-likeness (QED) is 0.779. The van der Waals surface area contributed by atoms with E-state index in [1.54, 1.807) is 6.07 Å².